The number of nitrogens with one attached hydrogen (secondary N) is 1. The Morgan fingerprint density at radius 1 is 1.26 bits per heavy atom. The van der Waals surface area contributed by atoms with E-state index in [-0.39, 0.29) is 0 Å². The first-order valence-corrected chi connectivity index (χ1v) is 6.72. The largest absolute Gasteiger partial charge is 0.354 e. The number of aryl methyl sites for hydroxylation is 2. The third-order valence-corrected chi connectivity index (χ3v) is 3.34. The second-order valence-electron chi connectivity index (χ2n) is 4.51. The molecule has 2 rings (SSSR count). The summed E-state index contributed by atoms with van der Waals surface area (Å²) in [5.74, 6) is 1.36. The van der Waals surface area contributed by atoms with Crippen molar-refractivity contribution in [2.75, 3.05) is 11.9 Å². The minimum Gasteiger partial charge on any atom is -0.354 e. The summed E-state index contributed by atoms with van der Waals surface area (Å²) in [6, 6.07) is 1.90. The fraction of sp³-hybridized carbons (Fsp3) is 0.462. The smallest absolute Gasteiger partial charge is 0.224 e. The molecule has 0 saturated carbocycles. The van der Waals surface area contributed by atoms with Gasteiger partial charge in [0.05, 0.1) is 16.4 Å². The van der Waals surface area contributed by atoms with Crippen LogP contribution in [0.3, 0.4) is 0 Å². The van der Waals surface area contributed by atoms with Gasteiger partial charge in [-0.2, -0.15) is 10.1 Å². The van der Waals surface area contributed by atoms with E-state index in [9.17, 15) is 0 Å². The quantitative estimate of drug-likeness (QED) is 0.934. The SMILES string of the molecule is CCCNc1nc(C)cc(-n2nc(C)c(Cl)c2C)n1. The number of rotatable bonds is 4. The van der Waals surface area contributed by atoms with Gasteiger partial charge in [-0.1, -0.05) is 18.5 Å². The van der Waals surface area contributed by atoms with Gasteiger partial charge < -0.3 is 5.32 Å². The van der Waals surface area contributed by atoms with Crippen molar-refractivity contribution in [2.45, 2.75) is 34.1 Å². The Balaban J connectivity index is 2.43. The number of hydrogen-bond acceptors (Lipinski definition) is 4. The molecule has 0 radical (unpaired) electrons. The average molecular weight is 280 g/mol. The van der Waals surface area contributed by atoms with Crippen molar-refractivity contribution in [3.05, 3.63) is 28.2 Å². The van der Waals surface area contributed by atoms with Gasteiger partial charge in [-0.3, -0.25) is 0 Å². The van der Waals surface area contributed by atoms with E-state index in [1.54, 1.807) is 4.68 Å². The van der Waals surface area contributed by atoms with Crippen LogP contribution in [0.15, 0.2) is 6.07 Å². The number of anilines is 1. The molecule has 0 aliphatic carbocycles. The zero-order chi connectivity index (χ0) is 14.0. The maximum absolute atomic E-state index is 6.17. The Morgan fingerprint density at radius 2 is 2.00 bits per heavy atom. The lowest BCUT2D eigenvalue weighted by molar-refractivity contribution is 0.796. The van der Waals surface area contributed by atoms with Crippen LogP contribution in [-0.2, 0) is 0 Å². The van der Waals surface area contributed by atoms with E-state index in [4.69, 9.17) is 11.6 Å². The van der Waals surface area contributed by atoms with Gasteiger partial charge in [0, 0.05) is 18.3 Å². The second kappa shape index (κ2) is 5.57. The summed E-state index contributed by atoms with van der Waals surface area (Å²) in [5, 5.41) is 8.28. The van der Waals surface area contributed by atoms with E-state index < -0.39 is 0 Å². The van der Waals surface area contributed by atoms with Crippen molar-refractivity contribution in [1.29, 1.82) is 0 Å². The van der Waals surface area contributed by atoms with Crippen LogP contribution in [0.5, 0.6) is 0 Å². The predicted molar refractivity (Wildman–Crippen MR) is 77.2 cm³/mol. The molecule has 0 aliphatic rings. The van der Waals surface area contributed by atoms with Gasteiger partial charge in [0.25, 0.3) is 0 Å². The average Bonchev–Trinajstić information content (AvgIpc) is 2.63. The maximum Gasteiger partial charge on any atom is 0.224 e. The molecule has 19 heavy (non-hydrogen) atoms. The van der Waals surface area contributed by atoms with E-state index in [1.807, 2.05) is 26.8 Å². The van der Waals surface area contributed by atoms with Crippen molar-refractivity contribution in [1.82, 2.24) is 19.7 Å². The van der Waals surface area contributed by atoms with Crippen molar-refractivity contribution in [2.24, 2.45) is 0 Å². The minimum absolute atomic E-state index is 0.625. The highest BCUT2D eigenvalue weighted by molar-refractivity contribution is 6.31. The van der Waals surface area contributed by atoms with Gasteiger partial charge in [0.1, 0.15) is 0 Å². The maximum atomic E-state index is 6.17. The van der Waals surface area contributed by atoms with Crippen LogP contribution in [0.1, 0.15) is 30.4 Å². The number of aromatic nitrogens is 4. The lowest BCUT2D eigenvalue weighted by atomic mass is 10.4. The Morgan fingerprint density at radius 3 is 2.58 bits per heavy atom. The van der Waals surface area contributed by atoms with Gasteiger partial charge in [-0.05, 0) is 27.2 Å². The molecule has 0 aromatic carbocycles. The second-order valence-corrected chi connectivity index (χ2v) is 4.89. The summed E-state index contributed by atoms with van der Waals surface area (Å²) in [4.78, 5) is 8.84. The van der Waals surface area contributed by atoms with E-state index in [0.717, 1.165) is 35.9 Å². The summed E-state index contributed by atoms with van der Waals surface area (Å²) < 4.78 is 1.75. The van der Waals surface area contributed by atoms with Gasteiger partial charge in [0.15, 0.2) is 5.82 Å². The van der Waals surface area contributed by atoms with E-state index in [0.29, 0.717) is 11.0 Å². The zero-order valence-corrected chi connectivity index (χ0v) is 12.4. The van der Waals surface area contributed by atoms with E-state index in [1.165, 1.54) is 0 Å². The molecule has 2 aromatic heterocycles. The molecule has 0 aliphatic heterocycles. The lowest BCUT2D eigenvalue weighted by Gasteiger charge is -2.08. The van der Waals surface area contributed by atoms with Crippen LogP contribution in [0, 0.1) is 20.8 Å². The summed E-state index contributed by atoms with van der Waals surface area (Å²) in [7, 11) is 0. The summed E-state index contributed by atoms with van der Waals surface area (Å²) in [5.41, 5.74) is 2.59. The highest BCUT2D eigenvalue weighted by Crippen LogP contribution is 2.22. The van der Waals surface area contributed by atoms with Crippen molar-refractivity contribution >= 4 is 17.5 Å². The first-order valence-electron chi connectivity index (χ1n) is 6.34. The lowest BCUT2D eigenvalue weighted by Crippen LogP contribution is -2.09. The molecule has 0 fully saturated rings. The number of hydrogen-bond donors (Lipinski definition) is 1. The van der Waals surface area contributed by atoms with Crippen LogP contribution >= 0.6 is 11.6 Å². The Bertz CT molecular complexity index is 591. The number of nitrogens with zero attached hydrogens (tertiary/aromatic N) is 4. The molecule has 0 bridgehead atoms. The summed E-state index contributed by atoms with van der Waals surface area (Å²) >= 11 is 6.17. The fourth-order valence-corrected chi connectivity index (χ4v) is 1.94. The van der Waals surface area contributed by atoms with Gasteiger partial charge in [0.2, 0.25) is 5.95 Å². The molecular weight excluding hydrogens is 262 g/mol. The highest BCUT2D eigenvalue weighted by atomic mass is 35.5. The van der Waals surface area contributed by atoms with E-state index >= 15 is 0 Å². The van der Waals surface area contributed by atoms with Gasteiger partial charge >= 0.3 is 0 Å². The van der Waals surface area contributed by atoms with E-state index in [2.05, 4.69) is 27.3 Å². The molecule has 0 spiro atoms. The van der Waals surface area contributed by atoms with Crippen LogP contribution in [0.25, 0.3) is 5.82 Å². The molecule has 5 nitrogen and oxygen atoms in total. The third kappa shape index (κ3) is 2.87. The van der Waals surface area contributed by atoms with Gasteiger partial charge in [-0.25, -0.2) is 9.67 Å². The molecule has 6 heteroatoms. The summed E-state index contributed by atoms with van der Waals surface area (Å²) in [6.45, 7) is 8.70. The predicted octanol–water partition coefficient (Wildman–Crippen LogP) is 3.06. The highest BCUT2D eigenvalue weighted by Gasteiger charge is 2.12. The van der Waals surface area contributed by atoms with Crippen LogP contribution < -0.4 is 5.32 Å². The first kappa shape index (κ1) is 13.8. The topological polar surface area (TPSA) is 55.6 Å². The zero-order valence-electron chi connectivity index (χ0n) is 11.7. The molecule has 0 unspecified atom stereocenters. The minimum atomic E-state index is 0.625. The van der Waals surface area contributed by atoms with Crippen LogP contribution in [-0.4, -0.2) is 26.3 Å². The molecule has 2 heterocycles. The monoisotopic (exact) mass is 279 g/mol. The molecule has 102 valence electrons. The molecule has 0 atom stereocenters. The molecule has 0 amide bonds. The molecular formula is C13H18ClN5. The standard InChI is InChI=1S/C13H18ClN5/c1-5-6-15-13-16-8(2)7-11(17-13)19-10(4)12(14)9(3)18-19/h7H,5-6H2,1-4H3,(H,15,16,17). The third-order valence-electron chi connectivity index (χ3n) is 2.79. The summed E-state index contributed by atoms with van der Waals surface area (Å²) in [6.07, 6.45) is 1.03. The van der Waals surface area contributed by atoms with Crippen LogP contribution in [0.4, 0.5) is 5.95 Å². The Labute approximate surface area is 118 Å². The van der Waals surface area contributed by atoms with Crippen molar-refractivity contribution in [3.8, 4) is 5.82 Å². The molecule has 0 saturated heterocycles. The Hall–Kier alpha value is -1.62. The number of halogens is 1. The fourth-order valence-electron chi connectivity index (χ4n) is 1.82. The normalized spacial score (nSPS) is 10.8. The Kier molecular flexibility index (Phi) is 4.04. The van der Waals surface area contributed by atoms with Gasteiger partial charge in [-0.15, -0.1) is 0 Å². The van der Waals surface area contributed by atoms with Crippen molar-refractivity contribution < 1.29 is 0 Å². The van der Waals surface area contributed by atoms with Crippen molar-refractivity contribution in [3.63, 3.8) is 0 Å². The molecule has 1 N–H and O–H groups in total. The van der Waals surface area contributed by atoms with Crippen LogP contribution in [0.2, 0.25) is 5.02 Å². The first-order chi connectivity index (χ1) is 9.02. The molecule has 2 aromatic rings.